The third-order valence-corrected chi connectivity index (χ3v) is 6.94. The first-order valence-electron chi connectivity index (χ1n) is 9.14. The molecule has 4 rings (SSSR count). The fourth-order valence-electron chi connectivity index (χ4n) is 5.82. The van der Waals surface area contributed by atoms with Crippen molar-refractivity contribution in [1.29, 1.82) is 0 Å². The molecule has 24 heavy (non-hydrogen) atoms. The fourth-order valence-corrected chi connectivity index (χ4v) is 5.82. The van der Waals surface area contributed by atoms with E-state index in [1.807, 2.05) is 12.1 Å². The predicted molar refractivity (Wildman–Crippen MR) is 91.6 cm³/mol. The van der Waals surface area contributed by atoms with Crippen molar-refractivity contribution < 1.29 is 13.9 Å². The highest BCUT2D eigenvalue weighted by Gasteiger charge is 2.52. The van der Waals surface area contributed by atoms with Gasteiger partial charge in [-0.3, -0.25) is 4.79 Å². The summed E-state index contributed by atoms with van der Waals surface area (Å²) in [6.07, 6.45) is 7.37. The van der Waals surface area contributed by atoms with E-state index in [1.165, 1.54) is 24.5 Å². The molecule has 2 saturated carbocycles. The van der Waals surface area contributed by atoms with E-state index in [0.717, 1.165) is 44.0 Å². The second-order valence-electron chi connectivity index (χ2n) is 8.00. The summed E-state index contributed by atoms with van der Waals surface area (Å²) >= 11 is 0. The first-order chi connectivity index (χ1) is 11.5. The molecule has 0 bridgehead atoms. The van der Waals surface area contributed by atoms with Crippen LogP contribution in [0.1, 0.15) is 63.0 Å². The van der Waals surface area contributed by atoms with Crippen LogP contribution in [0.15, 0.2) is 30.1 Å². The van der Waals surface area contributed by atoms with Gasteiger partial charge in [-0.05, 0) is 90.5 Å². The molecule has 0 heterocycles. The van der Waals surface area contributed by atoms with E-state index in [4.69, 9.17) is 4.74 Å². The molecule has 0 spiro atoms. The van der Waals surface area contributed by atoms with Gasteiger partial charge < -0.3 is 4.74 Å². The van der Waals surface area contributed by atoms with Crippen LogP contribution in [0.25, 0.3) is 0 Å². The SMILES string of the molecule is CC(=O)Oc1ccc2c(c1)CC[C@@H]1[C@@H]2CC[C@]2(C)C(=CF)CC[C@@H]12. The van der Waals surface area contributed by atoms with Gasteiger partial charge in [-0.2, -0.15) is 0 Å². The molecule has 1 aromatic carbocycles. The Kier molecular flexibility index (Phi) is 3.78. The molecule has 3 heteroatoms. The summed E-state index contributed by atoms with van der Waals surface area (Å²) < 4.78 is 18.6. The molecular weight excluding hydrogens is 303 g/mol. The number of ether oxygens (including phenoxy) is 1. The van der Waals surface area contributed by atoms with Gasteiger partial charge in [-0.25, -0.2) is 4.39 Å². The number of fused-ring (bicyclic) bond motifs is 5. The summed E-state index contributed by atoms with van der Waals surface area (Å²) in [5.41, 5.74) is 3.88. The molecule has 0 amide bonds. The summed E-state index contributed by atoms with van der Waals surface area (Å²) in [6, 6.07) is 6.13. The molecule has 0 aliphatic heterocycles. The quantitative estimate of drug-likeness (QED) is 0.515. The maximum absolute atomic E-state index is 13.3. The minimum Gasteiger partial charge on any atom is -0.427 e. The average molecular weight is 328 g/mol. The highest BCUT2D eigenvalue weighted by molar-refractivity contribution is 5.69. The fraction of sp³-hybridized carbons (Fsp3) is 0.571. The van der Waals surface area contributed by atoms with Crippen LogP contribution in [0, 0.1) is 17.3 Å². The molecule has 128 valence electrons. The van der Waals surface area contributed by atoms with Gasteiger partial charge in [0.2, 0.25) is 0 Å². The number of aryl methyl sites for hydroxylation is 1. The van der Waals surface area contributed by atoms with Crippen LogP contribution in [-0.2, 0) is 11.2 Å². The largest absolute Gasteiger partial charge is 0.427 e. The Morgan fingerprint density at radius 2 is 2.12 bits per heavy atom. The molecule has 2 fully saturated rings. The van der Waals surface area contributed by atoms with Crippen LogP contribution >= 0.6 is 0 Å². The number of carbonyl (C=O) groups is 1. The third-order valence-electron chi connectivity index (χ3n) is 6.94. The molecular formula is C21H25FO2. The second kappa shape index (κ2) is 5.72. The summed E-state index contributed by atoms with van der Waals surface area (Å²) in [4.78, 5) is 11.2. The van der Waals surface area contributed by atoms with Crippen molar-refractivity contribution in [2.24, 2.45) is 17.3 Å². The Hall–Kier alpha value is -1.64. The number of rotatable bonds is 1. The number of benzene rings is 1. The zero-order valence-electron chi connectivity index (χ0n) is 14.5. The number of carbonyl (C=O) groups excluding carboxylic acids is 1. The van der Waals surface area contributed by atoms with Crippen molar-refractivity contribution in [3.63, 3.8) is 0 Å². The van der Waals surface area contributed by atoms with Crippen molar-refractivity contribution >= 4 is 5.97 Å². The number of esters is 1. The monoisotopic (exact) mass is 328 g/mol. The van der Waals surface area contributed by atoms with E-state index in [0.29, 0.717) is 23.5 Å². The minimum absolute atomic E-state index is 0.0745. The summed E-state index contributed by atoms with van der Waals surface area (Å²) in [7, 11) is 0. The lowest BCUT2D eigenvalue weighted by Gasteiger charge is -2.49. The van der Waals surface area contributed by atoms with Crippen LogP contribution < -0.4 is 4.74 Å². The van der Waals surface area contributed by atoms with E-state index in [1.54, 1.807) is 0 Å². The van der Waals surface area contributed by atoms with Crippen LogP contribution in [0.3, 0.4) is 0 Å². The molecule has 0 unspecified atom stereocenters. The van der Waals surface area contributed by atoms with Crippen molar-refractivity contribution in [3.05, 3.63) is 41.2 Å². The van der Waals surface area contributed by atoms with Crippen LogP contribution in [0.5, 0.6) is 5.75 Å². The van der Waals surface area contributed by atoms with Gasteiger partial charge in [0, 0.05) is 6.92 Å². The van der Waals surface area contributed by atoms with Crippen molar-refractivity contribution in [3.8, 4) is 5.75 Å². The van der Waals surface area contributed by atoms with Crippen molar-refractivity contribution in [2.45, 2.75) is 58.3 Å². The average Bonchev–Trinajstić information content (AvgIpc) is 2.90. The summed E-state index contributed by atoms with van der Waals surface area (Å²) in [6.45, 7) is 3.72. The van der Waals surface area contributed by atoms with Crippen LogP contribution in [0.4, 0.5) is 4.39 Å². The molecule has 2 nitrogen and oxygen atoms in total. The third kappa shape index (κ3) is 2.32. The van der Waals surface area contributed by atoms with E-state index in [-0.39, 0.29) is 11.4 Å². The Balaban J connectivity index is 1.64. The van der Waals surface area contributed by atoms with Gasteiger partial charge in [-0.1, -0.05) is 13.0 Å². The maximum atomic E-state index is 13.3. The Bertz CT molecular complexity index is 708. The van der Waals surface area contributed by atoms with Crippen molar-refractivity contribution in [1.82, 2.24) is 0 Å². The first-order valence-corrected chi connectivity index (χ1v) is 9.14. The van der Waals surface area contributed by atoms with E-state index in [2.05, 4.69) is 13.0 Å². The maximum Gasteiger partial charge on any atom is 0.308 e. The van der Waals surface area contributed by atoms with Crippen LogP contribution in [-0.4, -0.2) is 5.97 Å². The topological polar surface area (TPSA) is 26.3 Å². The first kappa shape index (κ1) is 15.9. The Labute approximate surface area is 143 Å². The molecule has 3 aliphatic rings. The molecule has 0 saturated heterocycles. The normalized spacial score (nSPS) is 36.0. The number of allylic oxidation sites excluding steroid dienone is 1. The molecule has 4 atom stereocenters. The summed E-state index contributed by atoms with van der Waals surface area (Å²) in [5.74, 6) is 2.24. The molecule has 0 radical (unpaired) electrons. The zero-order valence-corrected chi connectivity index (χ0v) is 14.5. The molecule has 1 aromatic rings. The molecule has 0 aromatic heterocycles. The number of halogens is 1. The van der Waals surface area contributed by atoms with Gasteiger partial charge in [0.25, 0.3) is 0 Å². The summed E-state index contributed by atoms with van der Waals surface area (Å²) in [5, 5.41) is 0. The van der Waals surface area contributed by atoms with E-state index in [9.17, 15) is 9.18 Å². The van der Waals surface area contributed by atoms with E-state index >= 15 is 0 Å². The highest BCUT2D eigenvalue weighted by atomic mass is 19.1. The van der Waals surface area contributed by atoms with Gasteiger partial charge in [0.1, 0.15) is 5.75 Å². The smallest absolute Gasteiger partial charge is 0.308 e. The number of hydrogen-bond donors (Lipinski definition) is 0. The lowest BCUT2D eigenvalue weighted by atomic mass is 9.55. The van der Waals surface area contributed by atoms with E-state index < -0.39 is 0 Å². The zero-order chi connectivity index (χ0) is 16.9. The Morgan fingerprint density at radius 1 is 1.29 bits per heavy atom. The van der Waals surface area contributed by atoms with Gasteiger partial charge in [0.05, 0.1) is 6.33 Å². The van der Waals surface area contributed by atoms with Gasteiger partial charge in [0.15, 0.2) is 0 Å². The lowest BCUT2D eigenvalue weighted by molar-refractivity contribution is -0.131. The van der Waals surface area contributed by atoms with Crippen molar-refractivity contribution in [2.75, 3.05) is 0 Å². The standard InChI is InChI=1S/C21H25FO2/c1-13(23)24-16-5-7-17-14(11-16)3-6-19-18(17)9-10-21(2)15(12-22)4-8-20(19)21/h5,7,11-12,18-20H,3-4,6,8-10H2,1-2H3/t18-,19-,20+,21-/m1/s1. The van der Waals surface area contributed by atoms with Gasteiger partial charge in [-0.15, -0.1) is 0 Å². The molecule has 0 N–H and O–H groups in total. The predicted octanol–water partition coefficient (Wildman–Crippen LogP) is 5.32. The van der Waals surface area contributed by atoms with Gasteiger partial charge >= 0.3 is 5.97 Å². The number of hydrogen-bond acceptors (Lipinski definition) is 2. The second-order valence-corrected chi connectivity index (χ2v) is 8.00. The van der Waals surface area contributed by atoms with Crippen LogP contribution in [0.2, 0.25) is 0 Å². The molecule has 3 aliphatic carbocycles. The highest BCUT2D eigenvalue weighted by Crippen LogP contribution is 2.62. The Morgan fingerprint density at radius 3 is 2.88 bits per heavy atom. The minimum atomic E-state index is -0.270. The lowest BCUT2D eigenvalue weighted by Crippen LogP contribution is -2.40.